The van der Waals surface area contributed by atoms with E-state index in [2.05, 4.69) is 0 Å². The zero-order chi connectivity index (χ0) is 5.41. The van der Waals surface area contributed by atoms with E-state index in [4.69, 9.17) is 20.7 Å². The maximum atomic E-state index is 8.24. The van der Waals surface area contributed by atoms with Crippen LogP contribution in [0, 0.1) is 23.0 Å². The van der Waals surface area contributed by atoms with E-state index in [0.29, 0.717) is 12.5 Å². The third kappa shape index (κ3) is 405. The largest absolute Gasteiger partial charge is 1.00 e. The molecule has 0 rings (SSSR count). The van der Waals surface area contributed by atoms with Crippen LogP contribution >= 0.6 is 0 Å². The summed E-state index contributed by atoms with van der Waals surface area (Å²) in [6.07, 6.45) is 1.00. The summed E-state index contributed by atoms with van der Waals surface area (Å²) >= 11 is 0. The van der Waals surface area contributed by atoms with Crippen LogP contribution in [0.4, 0.5) is 0 Å². The van der Waals surface area contributed by atoms with Crippen molar-refractivity contribution in [3.8, 4) is 12.5 Å². The van der Waals surface area contributed by atoms with Crippen LogP contribution in [0.3, 0.4) is 0 Å². The van der Waals surface area contributed by atoms with Gasteiger partial charge in [0, 0.05) is 12.5 Å². The van der Waals surface area contributed by atoms with Gasteiger partial charge in [-0.2, -0.15) is 0 Å². The minimum Gasteiger partial charge on any atom is -0.812 e. The second kappa shape index (κ2) is 46.9. The van der Waals surface area contributed by atoms with E-state index in [-0.39, 0.29) is 31.0 Å². The maximum absolute atomic E-state index is 8.24. The van der Waals surface area contributed by atoms with Crippen molar-refractivity contribution in [2.24, 2.45) is 0 Å². The fourth-order valence-corrected chi connectivity index (χ4v) is 0. The Hall–Kier alpha value is -0.420. The molecule has 0 aromatic carbocycles. The molecular formula is C2HN2NaO2. The number of rotatable bonds is 0. The molecule has 0 atom stereocenters. The van der Waals surface area contributed by atoms with Crippen molar-refractivity contribution in [1.82, 2.24) is 0 Å². The third-order valence-electron chi connectivity index (χ3n) is 0. The molecule has 0 fully saturated rings. The molecule has 0 radical (unpaired) electrons. The van der Waals surface area contributed by atoms with Crippen LogP contribution in [0.1, 0.15) is 1.43 Å². The molecule has 0 aromatic rings. The molecule has 0 aliphatic rings. The molecule has 32 valence electrons. The molecular weight excluding hydrogens is 107 g/mol. The predicted molar refractivity (Wildman–Crippen MR) is 12.3 cm³/mol. The Morgan fingerprint density at radius 2 is 1.14 bits per heavy atom. The van der Waals surface area contributed by atoms with E-state index >= 15 is 0 Å². The van der Waals surface area contributed by atoms with Gasteiger partial charge in [0.15, 0.2) is 0 Å². The van der Waals surface area contributed by atoms with Gasteiger partial charge in [0.2, 0.25) is 0 Å². The first-order valence-corrected chi connectivity index (χ1v) is 0.855. The van der Waals surface area contributed by atoms with Gasteiger partial charge in [-0.3, -0.25) is 0 Å². The molecule has 5 heteroatoms. The molecule has 0 unspecified atom stereocenters. The zero-order valence-electron chi connectivity index (χ0n) is 4.71. The van der Waals surface area contributed by atoms with Gasteiger partial charge in [-0.15, -0.1) is 0 Å². The number of nitrogens with zero attached hydrogens (tertiary/aromatic N) is 2. The molecule has 0 saturated heterocycles. The van der Waals surface area contributed by atoms with Gasteiger partial charge in [0.05, 0.1) is 0 Å². The first-order chi connectivity index (χ1) is 2.83. The van der Waals surface area contributed by atoms with Crippen molar-refractivity contribution in [1.29, 1.82) is 10.5 Å². The number of hydrogen-bond acceptors (Lipinski definition) is 4. The summed E-state index contributed by atoms with van der Waals surface area (Å²) in [7, 11) is 0. The van der Waals surface area contributed by atoms with Gasteiger partial charge in [-0.1, -0.05) is 0 Å². The summed E-state index contributed by atoms with van der Waals surface area (Å²) in [4.78, 5) is 0. The van der Waals surface area contributed by atoms with Gasteiger partial charge in [-0.05, 0) is 0 Å². The molecule has 0 aromatic heterocycles. The normalized spacial score (nSPS) is 2.00. The molecule has 0 aliphatic carbocycles. The van der Waals surface area contributed by atoms with Gasteiger partial charge in [0.25, 0.3) is 0 Å². The Morgan fingerprint density at radius 3 is 1.14 bits per heavy atom. The minimum atomic E-state index is 0. The van der Waals surface area contributed by atoms with Gasteiger partial charge >= 0.3 is 31.0 Å². The molecule has 0 saturated carbocycles. The van der Waals surface area contributed by atoms with Gasteiger partial charge in [-0.25, -0.2) is 10.5 Å². The zero-order valence-corrected chi connectivity index (χ0v) is 5.71. The second-order valence-electron chi connectivity index (χ2n) is 0.183. The summed E-state index contributed by atoms with van der Waals surface area (Å²) in [5.41, 5.74) is 0. The fourth-order valence-electron chi connectivity index (χ4n) is 0. The van der Waals surface area contributed by atoms with E-state index in [9.17, 15) is 0 Å². The Bertz CT molecular complexity index is 73.0. The summed E-state index contributed by atoms with van der Waals surface area (Å²) in [6, 6.07) is 0. The second-order valence-corrected chi connectivity index (χ2v) is 0.183. The van der Waals surface area contributed by atoms with E-state index in [1.807, 2.05) is 0 Å². The average molecular weight is 108 g/mol. The molecule has 0 heterocycles. The Morgan fingerprint density at radius 1 is 1.14 bits per heavy atom. The van der Waals surface area contributed by atoms with Gasteiger partial charge in [0.1, 0.15) is 0 Å². The molecule has 0 amide bonds. The van der Waals surface area contributed by atoms with E-state index in [0.717, 1.165) is 0 Å². The summed E-state index contributed by atoms with van der Waals surface area (Å²) < 4.78 is 0. The summed E-state index contributed by atoms with van der Waals surface area (Å²) in [6.45, 7) is 0. The van der Waals surface area contributed by atoms with Crippen molar-refractivity contribution in [2.45, 2.75) is 0 Å². The predicted octanol–water partition coefficient (Wildman–Crippen LogP) is -5.23. The van der Waals surface area contributed by atoms with Crippen molar-refractivity contribution < 1.29 is 41.2 Å². The van der Waals surface area contributed by atoms with Crippen LogP contribution in [0.2, 0.25) is 0 Å². The SMILES string of the molecule is N#C[O-].N#C[O-].[H+].[Na+]. The summed E-state index contributed by atoms with van der Waals surface area (Å²) in [5, 5.41) is 30.0. The molecule has 0 spiro atoms. The Labute approximate surface area is 64.4 Å². The van der Waals surface area contributed by atoms with Crippen LogP contribution in [0.5, 0.6) is 0 Å². The van der Waals surface area contributed by atoms with Crippen LogP contribution in [0.25, 0.3) is 0 Å². The van der Waals surface area contributed by atoms with E-state index < -0.39 is 0 Å². The first-order valence-electron chi connectivity index (χ1n) is 0.855. The molecule has 0 aliphatic heterocycles. The molecule has 4 nitrogen and oxygen atoms in total. The molecule has 0 N–H and O–H groups in total. The average Bonchev–Trinajstić information content (AvgIpc) is 1.39. The number of hydrogen-bond donors (Lipinski definition) is 0. The molecule has 7 heavy (non-hydrogen) atoms. The van der Waals surface area contributed by atoms with Crippen LogP contribution in [-0.2, 0) is 0 Å². The summed E-state index contributed by atoms with van der Waals surface area (Å²) in [5.74, 6) is 0. The van der Waals surface area contributed by atoms with Crippen molar-refractivity contribution in [3.05, 3.63) is 0 Å². The van der Waals surface area contributed by atoms with Crippen molar-refractivity contribution >= 4 is 0 Å². The smallest absolute Gasteiger partial charge is 0.812 e. The third-order valence-corrected chi connectivity index (χ3v) is 0. The van der Waals surface area contributed by atoms with Crippen LogP contribution < -0.4 is 39.8 Å². The maximum Gasteiger partial charge on any atom is 1.00 e. The fraction of sp³-hybridized carbons (Fsp3) is 0. The van der Waals surface area contributed by atoms with Gasteiger partial charge < -0.3 is 10.2 Å². The quantitative estimate of drug-likeness (QED) is 0.229. The van der Waals surface area contributed by atoms with E-state index in [1.165, 1.54) is 0 Å². The topological polar surface area (TPSA) is 93.7 Å². The number of nitriles is 2. The first kappa shape index (κ1) is 16.0. The molecule has 0 bridgehead atoms. The monoisotopic (exact) mass is 108 g/mol. The Kier molecular flexibility index (Phi) is 107. The minimum absolute atomic E-state index is 0. The van der Waals surface area contributed by atoms with Crippen molar-refractivity contribution in [2.75, 3.05) is 0 Å². The van der Waals surface area contributed by atoms with Crippen molar-refractivity contribution in [3.63, 3.8) is 0 Å². The van der Waals surface area contributed by atoms with Crippen LogP contribution in [0.15, 0.2) is 0 Å². The standard InChI is InChI=1S/2CHNO.Na/c2*2-1-3;/h2*3H;/q;;+1/p-1. The van der Waals surface area contributed by atoms with E-state index in [1.54, 1.807) is 0 Å². The Balaban J connectivity index is -0.0000000160. The van der Waals surface area contributed by atoms with Crippen LogP contribution in [-0.4, -0.2) is 0 Å².